The van der Waals surface area contributed by atoms with Crippen molar-refractivity contribution >= 4 is 22.7 Å². The van der Waals surface area contributed by atoms with E-state index in [0.717, 1.165) is 67.6 Å². The van der Waals surface area contributed by atoms with Crippen LogP contribution in [0.3, 0.4) is 0 Å². The normalized spacial score (nSPS) is 19.4. The number of oxazole rings is 1. The zero-order chi connectivity index (χ0) is 22.2. The van der Waals surface area contributed by atoms with Crippen molar-refractivity contribution in [2.45, 2.75) is 37.3 Å². The second kappa shape index (κ2) is 11.7. The number of ether oxygens (including phenoxy) is 1. The minimum absolute atomic E-state index is 0.279. The SMILES string of the molecule is COc1ccc2nccc(CCC[C@@H]3CCN(CCCSc4ncco4)C[C@@H]3CO)c2c1. The average Bonchev–Trinajstić information content (AvgIpc) is 3.36. The fraction of sp³-hybridized carbons (Fsp3) is 0.520. The molecule has 1 aromatic carbocycles. The standard InChI is InChI=1S/C25H33N3O3S/c1-30-22-6-7-24-23(16-22)20(8-10-26-24)5-2-4-19-9-13-28(17-21(19)18-29)12-3-15-32-25-27-11-14-31-25/h6-8,10-11,14,16,19,21,29H,2-5,9,12-13,15,17-18H2,1H3/t19-,21-/m1/s1. The molecule has 32 heavy (non-hydrogen) atoms. The minimum atomic E-state index is 0.279. The Morgan fingerprint density at radius 1 is 1.19 bits per heavy atom. The molecule has 0 amide bonds. The molecule has 3 heterocycles. The second-order valence-electron chi connectivity index (χ2n) is 8.54. The van der Waals surface area contributed by atoms with Gasteiger partial charge in [-0.1, -0.05) is 11.8 Å². The van der Waals surface area contributed by atoms with Gasteiger partial charge in [-0.25, -0.2) is 4.98 Å². The van der Waals surface area contributed by atoms with Gasteiger partial charge in [0.1, 0.15) is 12.0 Å². The van der Waals surface area contributed by atoms with Gasteiger partial charge in [-0.2, -0.15) is 0 Å². The fourth-order valence-corrected chi connectivity index (χ4v) is 5.46. The lowest BCUT2D eigenvalue weighted by atomic mass is 9.82. The van der Waals surface area contributed by atoms with Crippen molar-refractivity contribution in [2.24, 2.45) is 11.8 Å². The monoisotopic (exact) mass is 455 g/mol. The Morgan fingerprint density at radius 2 is 2.12 bits per heavy atom. The molecule has 6 nitrogen and oxygen atoms in total. The summed E-state index contributed by atoms with van der Waals surface area (Å²) in [5.41, 5.74) is 2.35. The van der Waals surface area contributed by atoms with Gasteiger partial charge in [0.05, 0.1) is 18.8 Å². The number of rotatable bonds is 11. The molecule has 172 valence electrons. The van der Waals surface area contributed by atoms with Gasteiger partial charge in [0.25, 0.3) is 5.22 Å². The van der Waals surface area contributed by atoms with Gasteiger partial charge in [0.15, 0.2) is 0 Å². The van der Waals surface area contributed by atoms with Crippen molar-refractivity contribution in [3.63, 3.8) is 0 Å². The smallest absolute Gasteiger partial charge is 0.255 e. The Bertz CT molecular complexity index is 966. The number of aromatic nitrogens is 2. The van der Waals surface area contributed by atoms with Crippen molar-refractivity contribution in [1.82, 2.24) is 14.9 Å². The van der Waals surface area contributed by atoms with E-state index < -0.39 is 0 Å². The highest BCUT2D eigenvalue weighted by Gasteiger charge is 2.28. The summed E-state index contributed by atoms with van der Waals surface area (Å²) in [6.07, 6.45) is 10.8. The molecule has 0 aliphatic carbocycles. The highest BCUT2D eigenvalue weighted by Crippen LogP contribution is 2.30. The molecule has 1 N–H and O–H groups in total. The number of hydrogen-bond acceptors (Lipinski definition) is 7. The van der Waals surface area contributed by atoms with Gasteiger partial charge in [-0.05, 0) is 86.9 Å². The van der Waals surface area contributed by atoms with Crippen LogP contribution in [0, 0.1) is 11.8 Å². The molecule has 7 heteroatoms. The maximum atomic E-state index is 10.0. The number of fused-ring (bicyclic) bond motifs is 1. The highest BCUT2D eigenvalue weighted by atomic mass is 32.2. The van der Waals surface area contributed by atoms with Crippen LogP contribution in [0.2, 0.25) is 0 Å². The molecule has 0 bridgehead atoms. The van der Waals surface area contributed by atoms with E-state index in [-0.39, 0.29) is 6.61 Å². The third kappa shape index (κ3) is 6.03. The van der Waals surface area contributed by atoms with Gasteiger partial charge in [-0.3, -0.25) is 4.98 Å². The number of pyridine rings is 1. The first-order valence-electron chi connectivity index (χ1n) is 11.5. The number of benzene rings is 1. The van der Waals surface area contributed by atoms with Crippen LogP contribution in [-0.4, -0.2) is 59.1 Å². The molecule has 1 saturated heterocycles. The zero-order valence-electron chi connectivity index (χ0n) is 18.8. The van der Waals surface area contributed by atoms with E-state index in [1.807, 2.05) is 18.3 Å². The number of thioether (sulfide) groups is 1. The Balaban J connectivity index is 1.23. The summed E-state index contributed by atoms with van der Waals surface area (Å²) in [7, 11) is 1.70. The molecular weight excluding hydrogens is 422 g/mol. The summed E-state index contributed by atoms with van der Waals surface area (Å²) < 4.78 is 10.7. The topological polar surface area (TPSA) is 71.6 Å². The molecule has 1 fully saturated rings. The molecule has 2 atom stereocenters. The molecule has 0 saturated carbocycles. The summed E-state index contributed by atoms with van der Waals surface area (Å²) in [5.74, 6) is 2.85. The lowest BCUT2D eigenvalue weighted by Gasteiger charge is -2.38. The van der Waals surface area contributed by atoms with E-state index in [1.165, 1.54) is 17.4 Å². The van der Waals surface area contributed by atoms with Crippen LogP contribution in [0.15, 0.2) is 52.6 Å². The van der Waals surface area contributed by atoms with Crippen molar-refractivity contribution in [3.05, 3.63) is 48.5 Å². The summed E-state index contributed by atoms with van der Waals surface area (Å²) in [4.78, 5) is 11.2. The highest BCUT2D eigenvalue weighted by molar-refractivity contribution is 7.99. The molecular formula is C25H33N3O3S. The molecule has 4 rings (SSSR count). The molecule has 1 aliphatic heterocycles. The van der Waals surface area contributed by atoms with E-state index in [1.54, 1.807) is 31.3 Å². The quantitative estimate of drug-likeness (QED) is 0.333. The van der Waals surface area contributed by atoms with E-state index >= 15 is 0 Å². The van der Waals surface area contributed by atoms with Crippen molar-refractivity contribution in [3.8, 4) is 5.75 Å². The number of nitrogens with zero attached hydrogens (tertiary/aromatic N) is 3. The average molecular weight is 456 g/mol. The van der Waals surface area contributed by atoms with Gasteiger partial charge < -0.3 is 19.2 Å². The summed E-state index contributed by atoms with van der Waals surface area (Å²) in [6, 6.07) is 8.21. The van der Waals surface area contributed by atoms with Gasteiger partial charge in [0.2, 0.25) is 0 Å². The second-order valence-corrected chi connectivity index (χ2v) is 9.58. The number of aliphatic hydroxyl groups is 1. The maximum absolute atomic E-state index is 10.0. The van der Waals surface area contributed by atoms with Gasteiger partial charge in [-0.15, -0.1) is 0 Å². The van der Waals surface area contributed by atoms with Crippen LogP contribution in [0.4, 0.5) is 0 Å². The van der Waals surface area contributed by atoms with E-state index in [0.29, 0.717) is 11.8 Å². The largest absolute Gasteiger partial charge is 0.497 e. The van der Waals surface area contributed by atoms with Crippen LogP contribution in [-0.2, 0) is 6.42 Å². The van der Waals surface area contributed by atoms with E-state index in [9.17, 15) is 5.11 Å². The lowest BCUT2D eigenvalue weighted by Crippen LogP contribution is -2.42. The van der Waals surface area contributed by atoms with Crippen molar-refractivity contribution in [2.75, 3.05) is 39.1 Å². The number of likely N-dealkylation sites (tertiary alicyclic amines) is 1. The summed E-state index contributed by atoms with van der Waals surface area (Å²) in [6.45, 7) is 3.48. The number of piperidine rings is 1. The molecule has 0 radical (unpaired) electrons. The predicted octanol–water partition coefficient (Wildman–Crippen LogP) is 4.67. The summed E-state index contributed by atoms with van der Waals surface area (Å²) in [5, 5.41) is 11.9. The first-order valence-corrected chi connectivity index (χ1v) is 12.5. The predicted molar refractivity (Wildman–Crippen MR) is 128 cm³/mol. The first kappa shape index (κ1) is 23.1. The van der Waals surface area contributed by atoms with E-state index in [2.05, 4.69) is 27.0 Å². The number of aryl methyl sites for hydroxylation is 1. The van der Waals surface area contributed by atoms with E-state index in [4.69, 9.17) is 9.15 Å². The third-order valence-electron chi connectivity index (χ3n) is 6.52. The van der Waals surface area contributed by atoms with Crippen LogP contribution >= 0.6 is 11.8 Å². The van der Waals surface area contributed by atoms with Crippen LogP contribution < -0.4 is 4.74 Å². The molecule has 3 aromatic rings. The van der Waals surface area contributed by atoms with Crippen LogP contribution in [0.25, 0.3) is 10.9 Å². The minimum Gasteiger partial charge on any atom is -0.497 e. The third-order valence-corrected chi connectivity index (χ3v) is 7.47. The molecule has 0 spiro atoms. The number of hydrogen-bond donors (Lipinski definition) is 1. The maximum Gasteiger partial charge on any atom is 0.255 e. The Hall–Kier alpha value is -2.09. The Kier molecular flexibility index (Phi) is 8.42. The van der Waals surface area contributed by atoms with Gasteiger partial charge >= 0.3 is 0 Å². The van der Waals surface area contributed by atoms with Gasteiger partial charge in [0, 0.05) is 30.5 Å². The molecule has 1 aliphatic rings. The lowest BCUT2D eigenvalue weighted by molar-refractivity contribution is 0.0677. The van der Waals surface area contributed by atoms with Crippen molar-refractivity contribution in [1.29, 1.82) is 0 Å². The molecule has 2 aromatic heterocycles. The Morgan fingerprint density at radius 3 is 2.94 bits per heavy atom. The molecule has 0 unspecified atom stereocenters. The van der Waals surface area contributed by atoms with Crippen LogP contribution in [0.5, 0.6) is 5.75 Å². The summed E-state index contributed by atoms with van der Waals surface area (Å²) >= 11 is 1.67. The number of methoxy groups -OCH3 is 1. The number of aliphatic hydroxyl groups excluding tert-OH is 1. The van der Waals surface area contributed by atoms with Crippen LogP contribution in [0.1, 0.15) is 31.2 Å². The zero-order valence-corrected chi connectivity index (χ0v) is 19.6. The van der Waals surface area contributed by atoms with Crippen molar-refractivity contribution < 1.29 is 14.3 Å². The fourth-order valence-electron chi connectivity index (χ4n) is 4.76. The first-order chi connectivity index (χ1) is 15.8. The Labute approximate surface area is 194 Å².